The molecule has 1 saturated carbocycles. The van der Waals surface area contributed by atoms with Crippen molar-refractivity contribution < 1.29 is 18.3 Å². The SMILES string of the molecule is CS(=O)(=O)NC[C@H]1CCC[C@@H](Oc2ccccc2)[C@@H]1O. The Morgan fingerprint density at radius 2 is 2.00 bits per heavy atom. The van der Waals surface area contributed by atoms with Crippen LogP contribution in [0.2, 0.25) is 0 Å². The third-order valence-corrected chi connectivity index (χ3v) is 4.26. The van der Waals surface area contributed by atoms with Gasteiger partial charge >= 0.3 is 0 Å². The van der Waals surface area contributed by atoms with Gasteiger partial charge in [-0.3, -0.25) is 0 Å². The number of rotatable bonds is 5. The zero-order chi connectivity index (χ0) is 14.6. The molecule has 0 radical (unpaired) electrons. The molecule has 0 saturated heterocycles. The first-order chi connectivity index (χ1) is 9.46. The quantitative estimate of drug-likeness (QED) is 0.855. The summed E-state index contributed by atoms with van der Waals surface area (Å²) < 4.78 is 30.5. The lowest BCUT2D eigenvalue weighted by molar-refractivity contribution is -0.0291. The van der Waals surface area contributed by atoms with E-state index in [2.05, 4.69) is 4.72 Å². The summed E-state index contributed by atoms with van der Waals surface area (Å²) in [5.74, 6) is 0.625. The molecule has 2 rings (SSSR count). The zero-order valence-electron chi connectivity index (χ0n) is 11.5. The third kappa shape index (κ3) is 4.47. The van der Waals surface area contributed by atoms with Crippen LogP contribution in [0.15, 0.2) is 30.3 Å². The number of hydrogen-bond donors (Lipinski definition) is 2. The Kier molecular flexibility index (Phi) is 5.01. The standard InChI is InChI=1S/C14H21NO4S/c1-20(17,18)15-10-11-6-5-9-13(14(11)16)19-12-7-3-2-4-8-12/h2-4,7-8,11,13-16H,5-6,9-10H2,1H3/t11-,13-,14-/m1/s1. The predicted octanol–water partition coefficient (Wildman–Crippen LogP) is 1.14. The Morgan fingerprint density at radius 1 is 1.30 bits per heavy atom. The Morgan fingerprint density at radius 3 is 2.65 bits per heavy atom. The smallest absolute Gasteiger partial charge is 0.208 e. The van der Waals surface area contributed by atoms with E-state index in [-0.39, 0.29) is 18.6 Å². The first-order valence-corrected chi connectivity index (χ1v) is 8.69. The van der Waals surface area contributed by atoms with Gasteiger partial charge in [0.2, 0.25) is 10.0 Å². The van der Waals surface area contributed by atoms with Crippen molar-refractivity contribution in [3.63, 3.8) is 0 Å². The number of para-hydroxylation sites is 1. The zero-order valence-corrected chi connectivity index (χ0v) is 12.3. The molecule has 0 aliphatic heterocycles. The van der Waals surface area contributed by atoms with Crippen molar-refractivity contribution in [2.24, 2.45) is 5.92 Å². The van der Waals surface area contributed by atoms with Gasteiger partial charge in [0.15, 0.2) is 0 Å². The second kappa shape index (κ2) is 6.56. The van der Waals surface area contributed by atoms with Crippen LogP contribution in [0.4, 0.5) is 0 Å². The number of ether oxygens (including phenoxy) is 1. The highest BCUT2D eigenvalue weighted by molar-refractivity contribution is 7.88. The van der Waals surface area contributed by atoms with Crippen LogP contribution < -0.4 is 9.46 Å². The van der Waals surface area contributed by atoms with E-state index >= 15 is 0 Å². The molecule has 1 aliphatic rings. The Hall–Kier alpha value is -1.11. The van der Waals surface area contributed by atoms with Gasteiger partial charge < -0.3 is 9.84 Å². The number of benzene rings is 1. The summed E-state index contributed by atoms with van der Waals surface area (Å²) in [5, 5.41) is 10.3. The molecule has 6 heteroatoms. The molecule has 5 nitrogen and oxygen atoms in total. The van der Waals surface area contributed by atoms with Crippen LogP contribution >= 0.6 is 0 Å². The van der Waals surface area contributed by atoms with Crippen LogP contribution in [0.3, 0.4) is 0 Å². The molecule has 0 unspecified atom stereocenters. The predicted molar refractivity (Wildman–Crippen MR) is 77.1 cm³/mol. The highest BCUT2D eigenvalue weighted by Crippen LogP contribution is 2.28. The number of sulfonamides is 1. The van der Waals surface area contributed by atoms with Gasteiger partial charge in [0.05, 0.1) is 12.4 Å². The summed E-state index contributed by atoms with van der Waals surface area (Å²) in [5.41, 5.74) is 0. The molecule has 0 aromatic heterocycles. The highest BCUT2D eigenvalue weighted by atomic mass is 32.2. The lowest BCUT2D eigenvalue weighted by Gasteiger charge is -2.34. The van der Waals surface area contributed by atoms with Crippen LogP contribution in [-0.2, 0) is 10.0 Å². The van der Waals surface area contributed by atoms with Gasteiger partial charge in [-0.2, -0.15) is 0 Å². The summed E-state index contributed by atoms with van der Waals surface area (Å²) in [4.78, 5) is 0. The topological polar surface area (TPSA) is 75.6 Å². The van der Waals surface area contributed by atoms with Gasteiger partial charge in [-0.05, 0) is 31.4 Å². The minimum atomic E-state index is -3.23. The van der Waals surface area contributed by atoms with E-state index in [1.807, 2.05) is 30.3 Å². The molecule has 20 heavy (non-hydrogen) atoms. The lowest BCUT2D eigenvalue weighted by Crippen LogP contribution is -2.45. The van der Waals surface area contributed by atoms with Crippen molar-refractivity contribution in [3.05, 3.63) is 30.3 Å². The van der Waals surface area contributed by atoms with Crippen molar-refractivity contribution >= 4 is 10.0 Å². The molecule has 3 atom stereocenters. The number of aliphatic hydroxyl groups excluding tert-OH is 1. The van der Waals surface area contributed by atoms with Crippen molar-refractivity contribution in [3.8, 4) is 5.75 Å². The Labute approximate surface area is 120 Å². The lowest BCUT2D eigenvalue weighted by atomic mass is 9.84. The minimum Gasteiger partial charge on any atom is -0.488 e. The van der Waals surface area contributed by atoms with Crippen LogP contribution in [0.25, 0.3) is 0 Å². The van der Waals surface area contributed by atoms with Crippen molar-refractivity contribution in [1.82, 2.24) is 4.72 Å². The molecule has 0 bridgehead atoms. The fraction of sp³-hybridized carbons (Fsp3) is 0.571. The molecule has 1 aromatic rings. The van der Waals surface area contributed by atoms with E-state index in [0.717, 1.165) is 31.3 Å². The molecular formula is C14H21NO4S. The molecule has 112 valence electrons. The Balaban J connectivity index is 1.94. The van der Waals surface area contributed by atoms with Crippen molar-refractivity contribution in [2.75, 3.05) is 12.8 Å². The molecule has 0 amide bonds. The summed E-state index contributed by atoms with van der Waals surface area (Å²) in [6, 6.07) is 9.37. The van der Waals surface area contributed by atoms with E-state index in [1.165, 1.54) is 0 Å². The van der Waals surface area contributed by atoms with Gasteiger partial charge in [0.1, 0.15) is 11.9 Å². The molecule has 1 fully saturated rings. The first kappa shape index (κ1) is 15.3. The fourth-order valence-electron chi connectivity index (χ4n) is 2.51. The third-order valence-electron chi connectivity index (χ3n) is 3.57. The second-order valence-corrected chi connectivity index (χ2v) is 7.10. The number of hydrogen-bond acceptors (Lipinski definition) is 4. The van der Waals surface area contributed by atoms with Crippen molar-refractivity contribution in [2.45, 2.75) is 31.5 Å². The first-order valence-electron chi connectivity index (χ1n) is 6.80. The van der Waals surface area contributed by atoms with Crippen LogP contribution in [-0.4, -0.2) is 38.5 Å². The minimum absolute atomic E-state index is 0.104. The summed E-state index contributed by atoms with van der Waals surface area (Å²) in [7, 11) is -3.23. The van der Waals surface area contributed by atoms with Gasteiger partial charge in [0.25, 0.3) is 0 Å². The van der Waals surface area contributed by atoms with E-state index in [9.17, 15) is 13.5 Å². The molecule has 0 heterocycles. The fourth-order valence-corrected chi connectivity index (χ4v) is 3.03. The second-order valence-electron chi connectivity index (χ2n) is 5.27. The van der Waals surface area contributed by atoms with Crippen LogP contribution in [0.5, 0.6) is 5.75 Å². The molecule has 2 N–H and O–H groups in total. The van der Waals surface area contributed by atoms with Crippen LogP contribution in [0.1, 0.15) is 19.3 Å². The van der Waals surface area contributed by atoms with E-state index in [0.29, 0.717) is 0 Å². The van der Waals surface area contributed by atoms with Gasteiger partial charge in [-0.15, -0.1) is 0 Å². The molecular weight excluding hydrogens is 278 g/mol. The number of nitrogens with one attached hydrogen (secondary N) is 1. The molecule has 1 aliphatic carbocycles. The molecule has 1 aromatic carbocycles. The van der Waals surface area contributed by atoms with E-state index < -0.39 is 16.1 Å². The molecule has 0 spiro atoms. The average Bonchev–Trinajstić information content (AvgIpc) is 2.40. The summed E-state index contributed by atoms with van der Waals surface area (Å²) in [6.07, 6.45) is 2.70. The van der Waals surface area contributed by atoms with Gasteiger partial charge in [-0.25, -0.2) is 13.1 Å². The van der Waals surface area contributed by atoms with E-state index in [1.54, 1.807) is 0 Å². The Bertz CT molecular complexity index is 517. The van der Waals surface area contributed by atoms with Crippen LogP contribution in [0, 0.1) is 5.92 Å². The highest BCUT2D eigenvalue weighted by Gasteiger charge is 2.33. The summed E-state index contributed by atoms with van der Waals surface area (Å²) in [6.45, 7) is 0.259. The normalized spacial score (nSPS) is 27.2. The maximum Gasteiger partial charge on any atom is 0.208 e. The van der Waals surface area contributed by atoms with Gasteiger partial charge in [-0.1, -0.05) is 18.2 Å². The monoisotopic (exact) mass is 299 g/mol. The number of aliphatic hydroxyl groups is 1. The average molecular weight is 299 g/mol. The van der Waals surface area contributed by atoms with Gasteiger partial charge in [0, 0.05) is 12.5 Å². The maximum atomic E-state index is 11.1. The van der Waals surface area contributed by atoms with Crippen molar-refractivity contribution in [1.29, 1.82) is 0 Å². The maximum absolute atomic E-state index is 11.1. The summed E-state index contributed by atoms with van der Waals surface area (Å²) >= 11 is 0. The largest absolute Gasteiger partial charge is 0.488 e. The van der Waals surface area contributed by atoms with E-state index in [4.69, 9.17) is 4.74 Å².